The van der Waals surface area contributed by atoms with Crippen LogP contribution in [0.3, 0.4) is 0 Å². The Balaban J connectivity index is 1.75. The second-order valence-corrected chi connectivity index (χ2v) is 7.12. The van der Waals surface area contributed by atoms with Gasteiger partial charge in [0.1, 0.15) is 18.3 Å². The summed E-state index contributed by atoms with van der Waals surface area (Å²) in [4.78, 5) is 15.1. The van der Waals surface area contributed by atoms with Crippen molar-refractivity contribution in [2.75, 3.05) is 24.8 Å². The molecule has 4 atom stereocenters. The number of benzene rings is 1. The van der Waals surface area contributed by atoms with E-state index in [0.29, 0.717) is 33.9 Å². The van der Waals surface area contributed by atoms with Gasteiger partial charge in [-0.15, -0.1) is 0 Å². The zero-order valence-corrected chi connectivity index (χ0v) is 14.0. The topological polar surface area (TPSA) is 111 Å². The van der Waals surface area contributed by atoms with Gasteiger partial charge in [0, 0.05) is 13.1 Å². The first-order valence-corrected chi connectivity index (χ1v) is 8.85. The monoisotopic (exact) mass is 360 g/mol. The molecule has 1 aromatic rings. The summed E-state index contributed by atoms with van der Waals surface area (Å²) in [6, 6.07) is 0.951. The summed E-state index contributed by atoms with van der Waals surface area (Å²) < 4.78 is 11.2. The number of amides is 1. The Bertz CT molecular complexity index is 816. The van der Waals surface area contributed by atoms with Crippen molar-refractivity contribution in [3.8, 4) is 11.5 Å². The second kappa shape index (κ2) is 5.60. The number of ether oxygens (including phenoxy) is 2. The highest BCUT2D eigenvalue weighted by Gasteiger charge is 2.45. The van der Waals surface area contributed by atoms with Crippen LogP contribution < -0.4 is 19.7 Å². The van der Waals surface area contributed by atoms with Gasteiger partial charge in [0.2, 0.25) is 6.79 Å². The molecule has 1 amide bonds. The number of aliphatic hydroxyl groups excluding tert-OH is 3. The molecule has 3 heterocycles. The molecule has 5 rings (SSSR count). The number of nitrogens with one attached hydrogen (secondary N) is 1. The van der Waals surface area contributed by atoms with E-state index in [1.807, 2.05) is 0 Å². The fraction of sp³-hybridized carbons (Fsp3) is 0.500. The first-order chi connectivity index (χ1) is 12.6. The van der Waals surface area contributed by atoms with E-state index in [4.69, 9.17) is 9.47 Å². The Morgan fingerprint density at radius 1 is 1.12 bits per heavy atom. The Morgan fingerprint density at radius 3 is 2.65 bits per heavy atom. The summed E-state index contributed by atoms with van der Waals surface area (Å²) in [6.45, 7) is 1.74. The largest absolute Gasteiger partial charge is 0.453 e. The minimum atomic E-state index is -1.35. The van der Waals surface area contributed by atoms with Gasteiger partial charge in [0.25, 0.3) is 5.91 Å². The molecule has 26 heavy (non-hydrogen) atoms. The molecule has 8 nitrogen and oxygen atoms in total. The van der Waals surface area contributed by atoms with Crippen LogP contribution in [0.2, 0.25) is 0 Å². The van der Waals surface area contributed by atoms with Crippen LogP contribution in [0.4, 0.5) is 5.69 Å². The lowest BCUT2D eigenvalue weighted by Gasteiger charge is -2.40. The molecule has 0 saturated carbocycles. The maximum Gasteiger partial charge on any atom is 0.254 e. The van der Waals surface area contributed by atoms with Gasteiger partial charge in [0.05, 0.1) is 17.3 Å². The number of fused-ring (bicyclic) bond motifs is 4. The van der Waals surface area contributed by atoms with E-state index in [0.717, 1.165) is 25.9 Å². The highest BCUT2D eigenvalue weighted by Crippen LogP contribution is 2.50. The molecule has 1 saturated heterocycles. The van der Waals surface area contributed by atoms with E-state index in [-0.39, 0.29) is 12.7 Å². The summed E-state index contributed by atoms with van der Waals surface area (Å²) in [5, 5.41) is 33.1. The third-order valence-electron chi connectivity index (χ3n) is 5.61. The Labute approximate surface area is 149 Å². The molecule has 4 N–H and O–H groups in total. The fourth-order valence-electron chi connectivity index (χ4n) is 4.33. The van der Waals surface area contributed by atoms with Crippen molar-refractivity contribution >= 4 is 17.2 Å². The molecule has 0 spiro atoms. The van der Waals surface area contributed by atoms with Crippen LogP contribution in [0.1, 0.15) is 28.8 Å². The van der Waals surface area contributed by atoms with Gasteiger partial charge in [-0.3, -0.25) is 4.79 Å². The second-order valence-electron chi connectivity index (χ2n) is 7.12. The van der Waals surface area contributed by atoms with Crippen LogP contribution in [0.5, 0.6) is 11.5 Å². The number of hydrogen-bond donors (Lipinski definition) is 4. The van der Waals surface area contributed by atoms with Crippen molar-refractivity contribution in [3.63, 3.8) is 0 Å². The van der Waals surface area contributed by atoms with Gasteiger partial charge in [-0.2, -0.15) is 0 Å². The van der Waals surface area contributed by atoms with Crippen molar-refractivity contribution in [3.05, 3.63) is 23.3 Å². The number of carbonyl (C=O) groups is 1. The van der Waals surface area contributed by atoms with Crippen LogP contribution in [0, 0.1) is 0 Å². The maximum atomic E-state index is 12.9. The molecule has 0 radical (unpaired) electrons. The molecule has 0 aromatic heterocycles. The summed E-state index contributed by atoms with van der Waals surface area (Å²) >= 11 is 0. The molecule has 4 aliphatic rings. The highest BCUT2D eigenvalue weighted by molar-refractivity contribution is 6.10. The van der Waals surface area contributed by atoms with Gasteiger partial charge < -0.3 is 35.0 Å². The van der Waals surface area contributed by atoms with E-state index < -0.39 is 24.4 Å². The lowest BCUT2D eigenvalue weighted by atomic mass is 9.79. The van der Waals surface area contributed by atoms with Crippen molar-refractivity contribution < 1.29 is 29.6 Å². The van der Waals surface area contributed by atoms with Crippen molar-refractivity contribution in [2.45, 2.75) is 37.2 Å². The van der Waals surface area contributed by atoms with Crippen LogP contribution in [-0.2, 0) is 0 Å². The lowest BCUT2D eigenvalue weighted by molar-refractivity contribution is -0.0534. The maximum absolute atomic E-state index is 12.9. The summed E-state index contributed by atoms with van der Waals surface area (Å²) in [6.07, 6.45) is -0.276. The predicted molar refractivity (Wildman–Crippen MR) is 91.3 cm³/mol. The summed E-state index contributed by atoms with van der Waals surface area (Å²) in [5.41, 5.74) is 2.37. The Hall–Kier alpha value is -2.29. The normalized spacial score (nSPS) is 32.0. The van der Waals surface area contributed by atoms with Gasteiger partial charge in [-0.05, 0) is 36.1 Å². The number of carbonyl (C=O) groups excluding carboxylic acids is 1. The van der Waals surface area contributed by atoms with Gasteiger partial charge >= 0.3 is 0 Å². The standard InChI is InChI=1S/C18H20N2O6/c21-10-5-9-8-6-11-17(26-7-25-11)14(20-3-1-2-4-20)12(8)18(24)19-13(9)16(23)15(10)22/h5-6,10,13,15-16,21-23H,1-4,7H2,(H,19,24)/t10-,13+,15+,16-/m0/s1. The highest BCUT2D eigenvalue weighted by atomic mass is 16.7. The van der Waals surface area contributed by atoms with Crippen LogP contribution in [0.25, 0.3) is 5.57 Å². The molecule has 0 unspecified atom stereocenters. The van der Waals surface area contributed by atoms with E-state index in [1.165, 1.54) is 6.08 Å². The zero-order valence-electron chi connectivity index (χ0n) is 14.0. The molecular weight excluding hydrogens is 340 g/mol. The molecule has 0 bridgehead atoms. The number of hydrogen-bond acceptors (Lipinski definition) is 7. The minimum absolute atomic E-state index is 0.0904. The Kier molecular flexibility index (Phi) is 3.43. The molecule has 138 valence electrons. The van der Waals surface area contributed by atoms with E-state index >= 15 is 0 Å². The molecule has 1 aromatic carbocycles. The molecule has 3 aliphatic heterocycles. The van der Waals surface area contributed by atoms with Gasteiger partial charge in [0.15, 0.2) is 11.5 Å². The van der Waals surface area contributed by atoms with E-state index in [1.54, 1.807) is 6.07 Å². The van der Waals surface area contributed by atoms with E-state index in [2.05, 4.69) is 10.2 Å². The number of rotatable bonds is 1. The van der Waals surface area contributed by atoms with Crippen LogP contribution >= 0.6 is 0 Å². The van der Waals surface area contributed by atoms with Crippen molar-refractivity contribution in [1.29, 1.82) is 0 Å². The first-order valence-electron chi connectivity index (χ1n) is 8.85. The minimum Gasteiger partial charge on any atom is -0.453 e. The summed E-state index contributed by atoms with van der Waals surface area (Å²) in [5.74, 6) is 0.789. The third kappa shape index (κ3) is 2.09. The SMILES string of the molecule is O=C1N[C@@H]2C(=C[C@H](O)[C@@H](O)[C@H]2O)c2cc3c(c(N4CCCC4)c21)OCO3. The fourth-order valence-corrected chi connectivity index (χ4v) is 4.33. The number of nitrogens with zero attached hydrogens (tertiary/aromatic N) is 1. The van der Waals surface area contributed by atoms with Gasteiger partial charge in [-0.1, -0.05) is 0 Å². The molecule has 8 heteroatoms. The lowest BCUT2D eigenvalue weighted by Crippen LogP contribution is -2.57. The average Bonchev–Trinajstić information content (AvgIpc) is 3.31. The van der Waals surface area contributed by atoms with Crippen LogP contribution in [-0.4, -0.2) is 65.5 Å². The first kappa shape index (κ1) is 15.9. The Morgan fingerprint density at radius 2 is 1.88 bits per heavy atom. The van der Waals surface area contributed by atoms with Gasteiger partial charge in [-0.25, -0.2) is 0 Å². The molecular formula is C18H20N2O6. The van der Waals surface area contributed by atoms with E-state index in [9.17, 15) is 20.1 Å². The smallest absolute Gasteiger partial charge is 0.254 e. The zero-order chi connectivity index (χ0) is 18.0. The molecule has 1 aliphatic carbocycles. The van der Waals surface area contributed by atoms with Crippen LogP contribution in [0.15, 0.2) is 12.1 Å². The average molecular weight is 360 g/mol. The third-order valence-corrected chi connectivity index (χ3v) is 5.61. The summed E-state index contributed by atoms with van der Waals surface area (Å²) in [7, 11) is 0. The quantitative estimate of drug-likeness (QED) is 0.540. The molecule has 1 fully saturated rings. The predicted octanol–water partition coefficient (Wildman–Crippen LogP) is -0.393. The van der Waals surface area contributed by atoms with Crippen molar-refractivity contribution in [2.24, 2.45) is 0 Å². The number of aliphatic hydroxyl groups is 3. The number of anilines is 1. The van der Waals surface area contributed by atoms with Crippen molar-refractivity contribution in [1.82, 2.24) is 5.32 Å².